The molecule has 1 atom stereocenters. The molecule has 0 saturated carbocycles. The van der Waals surface area contributed by atoms with Gasteiger partial charge in [-0.15, -0.1) is 10.2 Å². The first kappa shape index (κ1) is 19.4. The number of nitrogens with zero attached hydrogens (tertiary/aromatic N) is 3. The quantitative estimate of drug-likeness (QED) is 0.361. The number of nitrogens with one attached hydrogen (secondary N) is 1. The lowest BCUT2D eigenvalue weighted by Gasteiger charge is -2.12. The van der Waals surface area contributed by atoms with Crippen LogP contribution in [0.3, 0.4) is 0 Å². The zero-order valence-electron chi connectivity index (χ0n) is 15.0. The Hall–Kier alpha value is -3.40. The van der Waals surface area contributed by atoms with Gasteiger partial charge in [0.1, 0.15) is 5.75 Å². The Morgan fingerprint density at radius 1 is 1.25 bits per heavy atom. The van der Waals surface area contributed by atoms with Crippen molar-refractivity contribution < 1.29 is 18.9 Å². The van der Waals surface area contributed by atoms with E-state index in [0.717, 1.165) is 17.3 Å². The fourth-order valence-corrected chi connectivity index (χ4v) is 2.98. The maximum atomic E-state index is 12.5. The summed E-state index contributed by atoms with van der Waals surface area (Å²) >= 11 is 1.08. The molecule has 0 aliphatic carbocycles. The van der Waals surface area contributed by atoms with Crippen molar-refractivity contribution in [2.75, 3.05) is 12.4 Å². The second kappa shape index (κ2) is 8.53. The number of carbonyl (C=O) groups is 1. The van der Waals surface area contributed by atoms with E-state index in [2.05, 4.69) is 15.5 Å². The minimum atomic E-state index is -0.590. The van der Waals surface area contributed by atoms with E-state index in [1.54, 1.807) is 6.92 Å². The van der Waals surface area contributed by atoms with E-state index in [0.29, 0.717) is 11.6 Å². The zero-order valence-corrected chi connectivity index (χ0v) is 15.8. The van der Waals surface area contributed by atoms with Crippen LogP contribution in [0.5, 0.6) is 5.75 Å². The highest BCUT2D eigenvalue weighted by atomic mass is 32.2. The van der Waals surface area contributed by atoms with E-state index >= 15 is 0 Å². The molecule has 0 saturated heterocycles. The van der Waals surface area contributed by atoms with Crippen molar-refractivity contribution in [1.82, 2.24) is 10.2 Å². The van der Waals surface area contributed by atoms with Crippen LogP contribution in [0.2, 0.25) is 0 Å². The largest absolute Gasteiger partial charge is 0.495 e. The van der Waals surface area contributed by atoms with Crippen LogP contribution >= 0.6 is 11.8 Å². The SMILES string of the molecule is COc1ccc([N+](=O)[O-])cc1NC(=O)[C@@H](C)Sc1nnc(-c2ccccc2)o1. The predicted molar refractivity (Wildman–Crippen MR) is 103 cm³/mol. The summed E-state index contributed by atoms with van der Waals surface area (Å²) in [6.07, 6.45) is 0. The Labute approximate surface area is 164 Å². The summed E-state index contributed by atoms with van der Waals surface area (Å²) in [5.74, 6) is 0.291. The number of benzene rings is 2. The molecular formula is C18H16N4O5S. The van der Waals surface area contributed by atoms with Crippen LogP contribution in [-0.2, 0) is 4.79 Å². The third kappa shape index (κ3) is 4.46. The fourth-order valence-electron chi connectivity index (χ4n) is 2.30. The zero-order chi connectivity index (χ0) is 20.1. The first-order valence-electron chi connectivity index (χ1n) is 8.17. The van der Waals surface area contributed by atoms with Crippen molar-refractivity contribution in [2.24, 2.45) is 0 Å². The summed E-state index contributed by atoms with van der Waals surface area (Å²) in [6, 6.07) is 13.2. The molecule has 0 bridgehead atoms. The first-order valence-corrected chi connectivity index (χ1v) is 9.04. The molecule has 144 valence electrons. The average Bonchev–Trinajstić information content (AvgIpc) is 3.17. The topological polar surface area (TPSA) is 120 Å². The Morgan fingerprint density at radius 3 is 2.68 bits per heavy atom. The van der Waals surface area contributed by atoms with Crippen LogP contribution in [0, 0.1) is 10.1 Å². The van der Waals surface area contributed by atoms with Gasteiger partial charge in [0.05, 0.1) is 23.0 Å². The Balaban J connectivity index is 1.69. The van der Waals surface area contributed by atoms with Gasteiger partial charge in [0, 0.05) is 17.7 Å². The Kier molecular flexibility index (Phi) is 5.90. The molecule has 1 heterocycles. The molecule has 10 heteroatoms. The van der Waals surface area contributed by atoms with Crippen LogP contribution in [0.1, 0.15) is 6.92 Å². The number of aromatic nitrogens is 2. The number of amides is 1. The van der Waals surface area contributed by atoms with E-state index in [1.165, 1.54) is 25.3 Å². The summed E-state index contributed by atoms with van der Waals surface area (Å²) in [6.45, 7) is 1.66. The van der Waals surface area contributed by atoms with Crippen molar-refractivity contribution in [3.8, 4) is 17.2 Å². The molecule has 3 rings (SSSR count). The molecule has 3 aromatic rings. The molecule has 0 aliphatic rings. The normalized spacial score (nSPS) is 11.6. The van der Waals surface area contributed by atoms with Gasteiger partial charge in [0.15, 0.2) is 0 Å². The van der Waals surface area contributed by atoms with Crippen molar-refractivity contribution in [1.29, 1.82) is 0 Å². The van der Waals surface area contributed by atoms with Gasteiger partial charge in [-0.2, -0.15) is 0 Å². The molecular weight excluding hydrogens is 384 g/mol. The predicted octanol–water partition coefficient (Wildman–Crippen LogP) is 3.77. The number of nitro benzene ring substituents is 1. The second-order valence-corrected chi connectivity index (χ2v) is 6.92. The molecule has 0 unspecified atom stereocenters. The minimum Gasteiger partial charge on any atom is -0.495 e. The van der Waals surface area contributed by atoms with Gasteiger partial charge in [-0.1, -0.05) is 30.0 Å². The number of methoxy groups -OCH3 is 1. The molecule has 9 nitrogen and oxygen atoms in total. The Morgan fingerprint density at radius 2 is 2.00 bits per heavy atom. The number of thioether (sulfide) groups is 1. The van der Waals surface area contributed by atoms with Gasteiger partial charge in [-0.3, -0.25) is 14.9 Å². The van der Waals surface area contributed by atoms with E-state index in [1.807, 2.05) is 30.3 Å². The molecule has 0 spiro atoms. The highest BCUT2D eigenvalue weighted by molar-refractivity contribution is 8.00. The van der Waals surface area contributed by atoms with Crippen LogP contribution in [0.25, 0.3) is 11.5 Å². The van der Waals surface area contributed by atoms with Gasteiger partial charge >= 0.3 is 0 Å². The third-order valence-electron chi connectivity index (χ3n) is 3.73. The van der Waals surface area contributed by atoms with Crippen LogP contribution in [-0.4, -0.2) is 33.4 Å². The lowest BCUT2D eigenvalue weighted by atomic mass is 10.2. The standard InChI is InChI=1S/C18H16N4O5S/c1-11(28-18-21-20-17(27-18)12-6-4-3-5-7-12)16(23)19-14-10-13(22(24)25)8-9-15(14)26-2/h3-11H,1-2H3,(H,19,23)/t11-/m1/s1. The van der Waals surface area contributed by atoms with Gasteiger partial charge < -0.3 is 14.5 Å². The Bertz CT molecular complexity index is 993. The summed E-state index contributed by atoms with van der Waals surface area (Å²) in [7, 11) is 1.42. The second-order valence-electron chi connectivity index (χ2n) is 5.63. The number of hydrogen-bond donors (Lipinski definition) is 1. The fraction of sp³-hybridized carbons (Fsp3) is 0.167. The highest BCUT2D eigenvalue weighted by Crippen LogP contribution is 2.31. The molecule has 28 heavy (non-hydrogen) atoms. The van der Waals surface area contributed by atoms with E-state index in [4.69, 9.17) is 9.15 Å². The summed E-state index contributed by atoms with van der Waals surface area (Å²) in [5.41, 5.74) is 0.839. The number of hydrogen-bond acceptors (Lipinski definition) is 8. The van der Waals surface area contributed by atoms with E-state index in [-0.39, 0.29) is 22.5 Å². The van der Waals surface area contributed by atoms with Gasteiger partial charge in [0.2, 0.25) is 11.8 Å². The summed E-state index contributed by atoms with van der Waals surface area (Å²) < 4.78 is 10.7. The number of anilines is 1. The highest BCUT2D eigenvalue weighted by Gasteiger charge is 2.21. The van der Waals surface area contributed by atoms with Crippen molar-refractivity contribution in [2.45, 2.75) is 17.4 Å². The van der Waals surface area contributed by atoms with Crippen LogP contribution in [0.15, 0.2) is 58.2 Å². The molecule has 1 aromatic heterocycles. The molecule has 0 fully saturated rings. The average molecular weight is 400 g/mol. The smallest absolute Gasteiger partial charge is 0.277 e. The van der Waals surface area contributed by atoms with Gasteiger partial charge in [0.25, 0.3) is 10.9 Å². The van der Waals surface area contributed by atoms with Gasteiger partial charge in [-0.05, 0) is 25.1 Å². The number of nitro groups is 1. The van der Waals surface area contributed by atoms with Crippen molar-refractivity contribution >= 4 is 29.0 Å². The number of carbonyl (C=O) groups excluding carboxylic acids is 1. The number of non-ortho nitro benzene ring substituents is 1. The van der Waals surface area contributed by atoms with Crippen LogP contribution < -0.4 is 10.1 Å². The van der Waals surface area contributed by atoms with Crippen molar-refractivity contribution in [3.05, 3.63) is 58.6 Å². The molecule has 0 aliphatic heterocycles. The molecule has 0 radical (unpaired) electrons. The maximum absolute atomic E-state index is 12.5. The lowest BCUT2D eigenvalue weighted by molar-refractivity contribution is -0.384. The number of rotatable bonds is 7. The first-order chi connectivity index (χ1) is 13.5. The molecule has 1 N–H and O–H groups in total. The van der Waals surface area contributed by atoms with Crippen molar-refractivity contribution in [3.63, 3.8) is 0 Å². The summed E-state index contributed by atoms with van der Waals surface area (Å²) in [5, 5.41) is 21.2. The number of ether oxygens (including phenoxy) is 1. The van der Waals surface area contributed by atoms with Crippen LogP contribution in [0.4, 0.5) is 11.4 Å². The summed E-state index contributed by atoms with van der Waals surface area (Å²) in [4.78, 5) is 22.9. The molecule has 1 amide bonds. The van der Waals surface area contributed by atoms with Gasteiger partial charge in [-0.25, -0.2) is 0 Å². The third-order valence-corrected chi connectivity index (χ3v) is 4.66. The maximum Gasteiger partial charge on any atom is 0.277 e. The minimum absolute atomic E-state index is 0.152. The lowest BCUT2D eigenvalue weighted by Crippen LogP contribution is -2.22. The van der Waals surface area contributed by atoms with E-state index < -0.39 is 10.2 Å². The monoisotopic (exact) mass is 400 g/mol. The van der Waals surface area contributed by atoms with E-state index in [9.17, 15) is 14.9 Å². The molecule has 2 aromatic carbocycles.